The molecule has 1 aliphatic carbocycles. The molecular weight excluding hydrogens is 753 g/mol. The summed E-state index contributed by atoms with van der Waals surface area (Å²) in [6, 6.07) is 3.39. The molecule has 2 aromatic heterocycles. The fourth-order valence-corrected chi connectivity index (χ4v) is 15.3. The molecule has 9 nitrogen and oxygen atoms in total. The van der Waals surface area contributed by atoms with E-state index in [-0.39, 0.29) is 97.6 Å². The molecular formula is C43H52F4N6O3Si. The van der Waals surface area contributed by atoms with Gasteiger partial charge in [-0.2, -0.15) is 9.97 Å². The van der Waals surface area contributed by atoms with E-state index in [0.29, 0.717) is 45.4 Å². The molecule has 57 heavy (non-hydrogen) atoms. The van der Waals surface area contributed by atoms with E-state index in [1.54, 1.807) is 4.90 Å². The molecule has 0 bridgehead atoms. The van der Waals surface area contributed by atoms with Crippen molar-refractivity contribution in [3.63, 3.8) is 0 Å². The molecule has 0 amide bonds. The largest absolute Gasteiger partial charge is 0.480 e. The van der Waals surface area contributed by atoms with Crippen molar-refractivity contribution >= 4 is 41.3 Å². The first-order valence-corrected chi connectivity index (χ1v) is 22.3. The van der Waals surface area contributed by atoms with Crippen molar-refractivity contribution in [1.29, 1.82) is 0 Å². The normalized spacial score (nSPS) is 24.4. The van der Waals surface area contributed by atoms with Gasteiger partial charge in [0.05, 0.1) is 33.1 Å². The van der Waals surface area contributed by atoms with Crippen molar-refractivity contribution < 1.29 is 34.5 Å². The quantitative estimate of drug-likeness (QED) is 0.0771. The average Bonchev–Trinajstić information content (AvgIpc) is 3.74. The molecule has 2 aromatic carbocycles. The molecule has 4 atom stereocenters. The number of methoxy groups -OCH3 is 1. The molecule has 3 saturated heterocycles. The lowest BCUT2D eigenvalue weighted by molar-refractivity contribution is 0.107. The van der Waals surface area contributed by atoms with E-state index in [1.807, 2.05) is 4.90 Å². The van der Waals surface area contributed by atoms with Gasteiger partial charge in [-0.15, -0.1) is 5.54 Å². The minimum atomic E-state index is -2.47. The minimum Gasteiger partial charge on any atom is -0.480 e. The Hall–Kier alpha value is -4.19. The van der Waals surface area contributed by atoms with Crippen molar-refractivity contribution in [3.8, 4) is 34.6 Å². The summed E-state index contributed by atoms with van der Waals surface area (Å²) in [7, 11) is -1.09. The second kappa shape index (κ2) is 14.9. The van der Waals surface area contributed by atoms with Crippen molar-refractivity contribution in [2.75, 3.05) is 50.5 Å². The van der Waals surface area contributed by atoms with Crippen molar-refractivity contribution in [1.82, 2.24) is 19.9 Å². The lowest BCUT2D eigenvalue weighted by Crippen LogP contribution is -2.43. The maximum Gasteiger partial charge on any atom is 0.319 e. The standard InChI is InChI=1S/C43H52F4N6O3Si/c1-23(2)57(24(3)4,25(5)6)15-10-29-34-26(17-31(45)36(29)46)16-28(48)18-30(34)38-37(47)39-35(41(49-38)54-7)40(53-13-9-14-55-33-19-32(33)53)51-42(50-39)56-22-43-11-8-12-52(43)21-27(44)20-43/h16-18,23-25,27,32-33H,8-9,11-14,19-22,48H2,1-7H3/t27-,32-,33+,43+/m1/s1/i22D2. The lowest BCUT2D eigenvalue weighted by Gasteiger charge is -2.38. The Morgan fingerprint density at radius 2 is 1.77 bits per heavy atom. The monoisotopic (exact) mass is 806 g/mol. The number of hydrogen-bond acceptors (Lipinski definition) is 9. The van der Waals surface area contributed by atoms with Crippen LogP contribution in [0, 0.1) is 28.9 Å². The zero-order valence-electron chi connectivity index (χ0n) is 35.6. The number of halogens is 4. The highest BCUT2D eigenvalue weighted by atomic mass is 28.3. The Morgan fingerprint density at radius 1 is 1.02 bits per heavy atom. The van der Waals surface area contributed by atoms with Gasteiger partial charge >= 0.3 is 6.01 Å². The smallest absolute Gasteiger partial charge is 0.319 e. The molecule has 0 unspecified atom stereocenters. The molecule has 3 aliphatic heterocycles. The van der Waals surface area contributed by atoms with Gasteiger partial charge in [0.25, 0.3) is 0 Å². The second-order valence-corrected chi connectivity index (χ2v) is 22.6. The molecule has 4 aromatic rings. The molecule has 5 heterocycles. The summed E-state index contributed by atoms with van der Waals surface area (Å²) in [5.74, 6) is -0.0134. The highest BCUT2D eigenvalue weighted by molar-refractivity contribution is 6.90. The van der Waals surface area contributed by atoms with Crippen LogP contribution in [0.1, 0.15) is 82.0 Å². The second-order valence-electron chi connectivity index (χ2n) is 17.0. The van der Waals surface area contributed by atoms with Gasteiger partial charge in [0.1, 0.15) is 43.2 Å². The summed E-state index contributed by atoms with van der Waals surface area (Å²) in [6.07, 6.45) is 0.987. The first kappa shape index (κ1) is 37.1. The highest BCUT2D eigenvalue weighted by Gasteiger charge is 2.50. The number of benzene rings is 2. The molecule has 1 saturated carbocycles. The Kier molecular flexibility index (Phi) is 9.68. The Morgan fingerprint density at radius 3 is 2.49 bits per heavy atom. The summed E-state index contributed by atoms with van der Waals surface area (Å²) in [6.45, 7) is 11.8. The minimum absolute atomic E-state index is 0.0376. The average molecular weight is 807 g/mol. The maximum absolute atomic E-state index is 17.8. The summed E-state index contributed by atoms with van der Waals surface area (Å²) in [5, 5.41) is 0.432. The fourth-order valence-electron chi connectivity index (χ4n) is 10.1. The zero-order chi connectivity index (χ0) is 42.3. The molecule has 304 valence electrons. The predicted molar refractivity (Wildman–Crippen MR) is 218 cm³/mol. The number of rotatable bonds is 9. The number of nitrogen functional groups attached to an aromatic ring is 1. The van der Waals surface area contributed by atoms with E-state index in [9.17, 15) is 7.13 Å². The topological polar surface area (TPSA) is 98.9 Å². The van der Waals surface area contributed by atoms with Crippen LogP contribution in [0.25, 0.3) is 32.9 Å². The number of nitrogens with zero attached hydrogens (tertiary/aromatic N) is 5. The van der Waals surface area contributed by atoms with Gasteiger partial charge in [-0.1, -0.05) is 47.5 Å². The number of ether oxygens (including phenoxy) is 3. The summed E-state index contributed by atoms with van der Waals surface area (Å²) < 4.78 is 101. The van der Waals surface area contributed by atoms with E-state index >= 15 is 13.2 Å². The SMILES string of the molecule is [2H]C([2H])(Oc1nc(N2CCCO[C@H]3C[C@H]32)c2c(OC)nc(-c3cc(N)cc4cc(F)c(F)c(C#C[Si](C(C)C)(C(C)C)C(C)C)c34)c(F)c2n1)[C@@]12CCCN1C[C@H](F)C2. The molecule has 4 fully saturated rings. The van der Waals surface area contributed by atoms with E-state index in [2.05, 4.69) is 58.0 Å². The number of hydrogen-bond donors (Lipinski definition) is 1. The number of anilines is 2. The van der Waals surface area contributed by atoms with Gasteiger partial charge in [0.15, 0.2) is 17.5 Å². The van der Waals surface area contributed by atoms with Crippen LogP contribution in [-0.4, -0.2) is 91.7 Å². The van der Waals surface area contributed by atoms with E-state index in [1.165, 1.54) is 19.2 Å². The first-order chi connectivity index (χ1) is 27.9. The van der Waals surface area contributed by atoms with Crippen LogP contribution in [0.5, 0.6) is 11.9 Å². The van der Waals surface area contributed by atoms with Crippen LogP contribution in [0.4, 0.5) is 29.1 Å². The molecule has 0 radical (unpaired) electrons. The van der Waals surface area contributed by atoms with Crippen LogP contribution < -0.4 is 20.1 Å². The third kappa shape index (κ3) is 6.67. The Balaban J connectivity index is 1.38. The van der Waals surface area contributed by atoms with Gasteiger partial charge in [-0.25, -0.2) is 22.5 Å². The summed E-state index contributed by atoms with van der Waals surface area (Å²) in [5.41, 5.74) is 8.53. The Labute approximate surface area is 335 Å². The molecule has 2 N–H and O–H groups in total. The predicted octanol–water partition coefficient (Wildman–Crippen LogP) is 8.75. The molecule has 14 heteroatoms. The Bertz CT molecular complexity index is 2370. The van der Waals surface area contributed by atoms with Crippen molar-refractivity contribution in [2.24, 2.45) is 0 Å². The van der Waals surface area contributed by atoms with E-state index in [0.717, 1.165) is 6.07 Å². The summed E-state index contributed by atoms with van der Waals surface area (Å²) >= 11 is 0. The van der Waals surface area contributed by atoms with Gasteiger partial charge in [-0.05, 0) is 72.4 Å². The number of fused-ring (bicyclic) bond motifs is 4. The first-order valence-electron chi connectivity index (χ1n) is 21.1. The van der Waals surface area contributed by atoms with Gasteiger partial charge < -0.3 is 24.8 Å². The maximum atomic E-state index is 17.8. The highest BCUT2D eigenvalue weighted by Crippen LogP contribution is 2.46. The van der Waals surface area contributed by atoms with Crippen molar-refractivity contribution in [2.45, 2.75) is 114 Å². The van der Waals surface area contributed by atoms with Gasteiger partial charge in [0.2, 0.25) is 5.88 Å². The number of pyridine rings is 1. The number of aromatic nitrogens is 3. The molecule has 0 spiro atoms. The lowest BCUT2D eigenvalue weighted by atomic mass is 9.95. The van der Waals surface area contributed by atoms with Crippen LogP contribution in [0.15, 0.2) is 18.2 Å². The van der Waals surface area contributed by atoms with Gasteiger partial charge in [-0.3, -0.25) is 4.90 Å². The van der Waals surface area contributed by atoms with Crippen LogP contribution in [0.3, 0.4) is 0 Å². The van der Waals surface area contributed by atoms with Crippen LogP contribution >= 0.6 is 0 Å². The number of alkyl halides is 1. The molecule has 8 rings (SSSR count). The van der Waals surface area contributed by atoms with Gasteiger partial charge in [0, 0.05) is 42.8 Å². The van der Waals surface area contributed by atoms with Crippen molar-refractivity contribution in [3.05, 3.63) is 41.2 Å². The number of nitrogens with two attached hydrogens (primary N) is 1. The third-order valence-corrected chi connectivity index (χ3v) is 19.1. The summed E-state index contributed by atoms with van der Waals surface area (Å²) in [4.78, 5) is 17.7. The van der Waals surface area contributed by atoms with E-state index < -0.39 is 49.8 Å². The fraction of sp³-hybridized carbons (Fsp3) is 0.558. The third-order valence-electron chi connectivity index (χ3n) is 12.8. The van der Waals surface area contributed by atoms with Crippen LogP contribution in [0.2, 0.25) is 16.6 Å². The van der Waals surface area contributed by atoms with Crippen LogP contribution in [-0.2, 0) is 4.74 Å². The van der Waals surface area contributed by atoms with E-state index in [4.69, 9.17) is 29.9 Å². The zero-order valence-corrected chi connectivity index (χ0v) is 34.6. The molecule has 4 aliphatic rings.